The SMILES string of the molecule is COc1ccc(NC(=O)[C@@H]2CC=C[C@@H]3CCN(C4CC4)C(=O)[C@@H]32)cc1. The summed E-state index contributed by atoms with van der Waals surface area (Å²) in [7, 11) is 1.61. The van der Waals surface area contributed by atoms with E-state index >= 15 is 0 Å². The Hall–Kier alpha value is -2.30. The lowest BCUT2D eigenvalue weighted by Crippen LogP contribution is -2.51. The third-order valence-electron chi connectivity index (χ3n) is 5.62. The first-order valence-electron chi connectivity index (χ1n) is 9.09. The average molecular weight is 340 g/mol. The number of fused-ring (bicyclic) bond motifs is 1. The molecule has 0 aromatic heterocycles. The fraction of sp³-hybridized carbons (Fsp3) is 0.500. The molecule has 25 heavy (non-hydrogen) atoms. The Labute approximate surface area is 148 Å². The number of methoxy groups -OCH3 is 1. The predicted molar refractivity (Wildman–Crippen MR) is 95.2 cm³/mol. The van der Waals surface area contributed by atoms with Crippen molar-refractivity contribution in [2.24, 2.45) is 17.8 Å². The number of likely N-dealkylation sites (tertiary alicyclic amines) is 1. The zero-order chi connectivity index (χ0) is 17.4. The van der Waals surface area contributed by atoms with Gasteiger partial charge < -0.3 is 15.0 Å². The van der Waals surface area contributed by atoms with Crippen molar-refractivity contribution in [1.29, 1.82) is 0 Å². The molecule has 1 aromatic carbocycles. The van der Waals surface area contributed by atoms with Crippen LogP contribution in [0.15, 0.2) is 36.4 Å². The summed E-state index contributed by atoms with van der Waals surface area (Å²) in [4.78, 5) is 27.9. The van der Waals surface area contributed by atoms with Crippen LogP contribution in [0.1, 0.15) is 25.7 Å². The molecule has 1 aliphatic heterocycles. The summed E-state index contributed by atoms with van der Waals surface area (Å²) in [6.07, 6.45) is 8.04. The number of piperidine rings is 1. The highest BCUT2D eigenvalue weighted by Crippen LogP contribution is 2.41. The summed E-state index contributed by atoms with van der Waals surface area (Å²) in [5, 5.41) is 2.98. The number of amides is 2. The molecule has 3 atom stereocenters. The molecule has 1 saturated carbocycles. The van der Waals surface area contributed by atoms with E-state index in [1.54, 1.807) is 7.11 Å². The fourth-order valence-electron chi connectivity index (χ4n) is 4.11. The van der Waals surface area contributed by atoms with Gasteiger partial charge in [-0.2, -0.15) is 0 Å². The second-order valence-electron chi connectivity index (χ2n) is 7.23. The van der Waals surface area contributed by atoms with Gasteiger partial charge in [0, 0.05) is 18.3 Å². The van der Waals surface area contributed by atoms with Crippen LogP contribution >= 0.6 is 0 Å². The summed E-state index contributed by atoms with van der Waals surface area (Å²) in [5.74, 6) is 0.571. The highest BCUT2D eigenvalue weighted by molar-refractivity contribution is 5.97. The second kappa shape index (κ2) is 6.54. The standard InChI is InChI=1S/C20H24N2O3/c1-25-16-9-5-14(6-10-16)21-19(23)17-4-2-3-13-11-12-22(15-7-8-15)20(24)18(13)17/h2-3,5-6,9-10,13,15,17-18H,4,7-8,11-12H2,1H3,(H,21,23)/t13-,17-,18+/m1/s1. The lowest BCUT2D eigenvalue weighted by Gasteiger charge is -2.41. The fourth-order valence-corrected chi connectivity index (χ4v) is 4.11. The van der Waals surface area contributed by atoms with Gasteiger partial charge in [0.2, 0.25) is 11.8 Å². The minimum atomic E-state index is -0.286. The third kappa shape index (κ3) is 3.15. The molecule has 1 saturated heterocycles. The minimum absolute atomic E-state index is 0.0597. The summed E-state index contributed by atoms with van der Waals surface area (Å²) >= 11 is 0. The van der Waals surface area contributed by atoms with Crippen molar-refractivity contribution in [3.63, 3.8) is 0 Å². The maximum absolute atomic E-state index is 13.0. The summed E-state index contributed by atoms with van der Waals surface area (Å²) < 4.78 is 5.14. The number of ether oxygens (including phenoxy) is 1. The maximum Gasteiger partial charge on any atom is 0.228 e. The van der Waals surface area contributed by atoms with E-state index in [-0.39, 0.29) is 29.6 Å². The number of carbonyl (C=O) groups is 2. The number of nitrogens with one attached hydrogen (secondary N) is 1. The van der Waals surface area contributed by atoms with Crippen molar-refractivity contribution in [1.82, 2.24) is 4.90 Å². The van der Waals surface area contributed by atoms with Gasteiger partial charge in [-0.3, -0.25) is 9.59 Å². The quantitative estimate of drug-likeness (QED) is 0.858. The minimum Gasteiger partial charge on any atom is -0.497 e. The molecule has 1 heterocycles. The molecule has 2 amide bonds. The summed E-state index contributed by atoms with van der Waals surface area (Å²) in [6, 6.07) is 7.71. The molecule has 2 aliphatic carbocycles. The normalized spacial score (nSPS) is 28.4. The zero-order valence-electron chi connectivity index (χ0n) is 14.5. The predicted octanol–water partition coefficient (Wildman–Crippen LogP) is 2.84. The Balaban J connectivity index is 1.50. The number of allylic oxidation sites excluding steroid dienone is 2. The van der Waals surface area contributed by atoms with Gasteiger partial charge in [-0.05, 0) is 55.9 Å². The van der Waals surface area contributed by atoms with E-state index < -0.39 is 0 Å². The van der Waals surface area contributed by atoms with Gasteiger partial charge in [0.05, 0.1) is 18.9 Å². The van der Waals surface area contributed by atoms with Crippen LogP contribution in [0.25, 0.3) is 0 Å². The van der Waals surface area contributed by atoms with Gasteiger partial charge in [-0.15, -0.1) is 0 Å². The summed E-state index contributed by atoms with van der Waals surface area (Å²) in [6.45, 7) is 0.835. The van der Waals surface area contributed by atoms with E-state index in [4.69, 9.17) is 4.74 Å². The largest absolute Gasteiger partial charge is 0.497 e. The van der Waals surface area contributed by atoms with Gasteiger partial charge in [0.1, 0.15) is 5.75 Å². The van der Waals surface area contributed by atoms with Crippen molar-refractivity contribution >= 4 is 17.5 Å². The van der Waals surface area contributed by atoms with Crippen LogP contribution in [-0.2, 0) is 9.59 Å². The number of nitrogens with zero attached hydrogens (tertiary/aromatic N) is 1. The van der Waals surface area contributed by atoms with E-state index in [0.717, 1.165) is 37.2 Å². The molecule has 1 N–H and O–H groups in total. The maximum atomic E-state index is 13.0. The molecular weight excluding hydrogens is 316 g/mol. The van der Waals surface area contributed by atoms with E-state index in [2.05, 4.69) is 17.5 Å². The van der Waals surface area contributed by atoms with Crippen LogP contribution in [0.5, 0.6) is 5.75 Å². The molecule has 0 radical (unpaired) electrons. The Morgan fingerprint density at radius 1 is 1.20 bits per heavy atom. The first kappa shape index (κ1) is 16.2. The molecule has 3 aliphatic rings. The third-order valence-corrected chi connectivity index (χ3v) is 5.62. The van der Waals surface area contributed by atoms with Crippen LogP contribution in [0.3, 0.4) is 0 Å². The molecule has 0 unspecified atom stereocenters. The molecule has 2 fully saturated rings. The number of hydrogen-bond acceptors (Lipinski definition) is 3. The number of hydrogen-bond donors (Lipinski definition) is 1. The van der Waals surface area contributed by atoms with Gasteiger partial charge in [0.25, 0.3) is 0 Å². The van der Waals surface area contributed by atoms with Crippen molar-refractivity contribution in [2.45, 2.75) is 31.7 Å². The smallest absolute Gasteiger partial charge is 0.228 e. The van der Waals surface area contributed by atoms with Gasteiger partial charge in [0.15, 0.2) is 0 Å². The van der Waals surface area contributed by atoms with Gasteiger partial charge in [-0.25, -0.2) is 0 Å². The van der Waals surface area contributed by atoms with Crippen molar-refractivity contribution in [2.75, 3.05) is 19.0 Å². The molecule has 1 aromatic rings. The van der Waals surface area contributed by atoms with Crippen LogP contribution in [0.2, 0.25) is 0 Å². The topological polar surface area (TPSA) is 58.6 Å². The Morgan fingerprint density at radius 3 is 2.64 bits per heavy atom. The molecule has 0 bridgehead atoms. The number of benzene rings is 1. The van der Waals surface area contributed by atoms with E-state index in [0.29, 0.717) is 12.5 Å². The molecule has 0 spiro atoms. The molecule has 5 heteroatoms. The highest BCUT2D eigenvalue weighted by Gasteiger charge is 2.47. The van der Waals surface area contributed by atoms with Crippen molar-refractivity contribution in [3.05, 3.63) is 36.4 Å². The first-order valence-corrected chi connectivity index (χ1v) is 9.09. The Bertz CT molecular complexity index is 693. The van der Waals surface area contributed by atoms with E-state index in [1.165, 1.54) is 0 Å². The van der Waals surface area contributed by atoms with Crippen LogP contribution < -0.4 is 10.1 Å². The monoisotopic (exact) mass is 340 g/mol. The molecule has 4 rings (SSSR count). The number of anilines is 1. The van der Waals surface area contributed by atoms with E-state index in [1.807, 2.05) is 29.2 Å². The second-order valence-corrected chi connectivity index (χ2v) is 7.23. The van der Waals surface area contributed by atoms with E-state index in [9.17, 15) is 9.59 Å². The number of carbonyl (C=O) groups excluding carboxylic acids is 2. The molecule has 5 nitrogen and oxygen atoms in total. The first-order chi connectivity index (χ1) is 12.2. The molecular formula is C20H24N2O3. The molecule has 132 valence electrons. The van der Waals surface area contributed by atoms with Crippen molar-refractivity contribution < 1.29 is 14.3 Å². The van der Waals surface area contributed by atoms with Crippen LogP contribution in [-0.4, -0.2) is 36.4 Å². The Kier molecular flexibility index (Phi) is 4.24. The lowest BCUT2D eigenvalue weighted by atomic mass is 9.71. The lowest BCUT2D eigenvalue weighted by molar-refractivity contribution is -0.147. The van der Waals surface area contributed by atoms with Crippen LogP contribution in [0.4, 0.5) is 5.69 Å². The van der Waals surface area contributed by atoms with Crippen molar-refractivity contribution in [3.8, 4) is 5.75 Å². The van der Waals surface area contributed by atoms with Gasteiger partial charge in [-0.1, -0.05) is 12.2 Å². The average Bonchev–Trinajstić information content (AvgIpc) is 3.47. The van der Waals surface area contributed by atoms with Gasteiger partial charge >= 0.3 is 0 Å². The van der Waals surface area contributed by atoms with Crippen LogP contribution in [0, 0.1) is 17.8 Å². The summed E-state index contributed by atoms with van der Waals surface area (Å²) in [5.41, 5.74) is 0.735. The zero-order valence-corrected chi connectivity index (χ0v) is 14.5. The Morgan fingerprint density at radius 2 is 1.96 bits per heavy atom. The highest BCUT2D eigenvalue weighted by atomic mass is 16.5. The number of rotatable bonds is 4.